The molecule has 0 amide bonds. The van der Waals surface area contributed by atoms with Crippen LogP contribution in [-0.4, -0.2) is 38.3 Å². The van der Waals surface area contributed by atoms with Gasteiger partial charge in [0.25, 0.3) is 0 Å². The maximum Gasteiger partial charge on any atom is 0.495 e. The zero-order valence-electron chi connectivity index (χ0n) is 35.3. The molecule has 7 rings (SSSR count). The van der Waals surface area contributed by atoms with Crippen LogP contribution in [0, 0.1) is 64.2 Å². The third-order valence-electron chi connectivity index (χ3n) is 10.5. The minimum atomic E-state index is -0.344. The molecule has 14 heteroatoms. The maximum absolute atomic E-state index is 8.72. The molecule has 0 saturated carbocycles. The van der Waals surface area contributed by atoms with Crippen LogP contribution in [0.15, 0.2) is 65.2 Å². The Morgan fingerprint density at radius 1 is 0.633 bits per heavy atom. The summed E-state index contributed by atoms with van der Waals surface area (Å²) in [6.45, 7) is 20.4. The number of aryl methyl sites for hydroxylation is 6. The molecule has 2 aromatic heterocycles. The summed E-state index contributed by atoms with van der Waals surface area (Å²) in [4.78, 5) is 16.5. The predicted octanol–water partition coefficient (Wildman–Crippen LogP) is 11.1. The largest absolute Gasteiger partial charge is 0.495 e. The van der Waals surface area contributed by atoms with Crippen molar-refractivity contribution in [1.82, 2.24) is 19.9 Å². The Hall–Kier alpha value is -5.34. The smallest absolute Gasteiger partial charge is 0.399 e. The predicted molar refractivity (Wildman–Crippen MR) is 251 cm³/mol. The zero-order valence-corrected chi connectivity index (χ0v) is 38.4. The van der Waals surface area contributed by atoms with Crippen molar-refractivity contribution in [2.45, 2.75) is 80.4 Å². The highest BCUT2D eigenvalue weighted by Crippen LogP contribution is 2.38. The molecule has 1 saturated heterocycles. The number of hydrogen-bond donors (Lipinski definition) is 2. The van der Waals surface area contributed by atoms with Gasteiger partial charge in [0, 0.05) is 33.0 Å². The number of aromatic nitrogens is 4. The van der Waals surface area contributed by atoms with Gasteiger partial charge in [0.15, 0.2) is 0 Å². The number of hydrogen-bond acceptors (Lipinski definition) is 10. The summed E-state index contributed by atoms with van der Waals surface area (Å²) >= 11 is 15.2. The highest BCUT2D eigenvalue weighted by Gasteiger charge is 2.52. The van der Waals surface area contributed by atoms with Crippen molar-refractivity contribution in [3.05, 3.63) is 120 Å². The van der Waals surface area contributed by atoms with Crippen LogP contribution in [0.1, 0.15) is 72.2 Å². The number of nitrogen functional groups attached to an aromatic ring is 2. The summed E-state index contributed by atoms with van der Waals surface area (Å²) in [5.41, 5.74) is 24.4. The van der Waals surface area contributed by atoms with Crippen LogP contribution in [0.25, 0.3) is 45.1 Å². The molecule has 1 fully saturated rings. The van der Waals surface area contributed by atoms with Gasteiger partial charge in [-0.25, -0.2) is 19.9 Å². The summed E-state index contributed by atoms with van der Waals surface area (Å²) in [5, 5.41) is 19.3. The quantitative estimate of drug-likeness (QED) is 0.0986. The van der Waals surface area contributed by atoms with Crippen molar-refractivity contribution in [2.75, 3.05) is 11.5 Å². The number of allylic oxidation sites excluding steroid dienone is 2. The van der Waals surface area contributed by atoms with Gasteiger partial charge in [-0.3, -0.25) is 0 Å². The van der Waals surface area contributed by atoms with Crippen LogP contribution in [0.4, 0.5) is 11.6 Å². The fourth-order valence-corrected chi connectivity index (χ4v) is 8.12. The van der Waals surface area contributed by atoms with Crippen LogP contribution < -0.4 is 16.9 Å². The Bertz CT molecular complexity index is 2680. The normalized spacial score (nSPS) is 14.2. The number of rotatable bonds is 4. The molecule has 1 aliphatic heterocycles. The van der Waals surface area contributed by atoms with Gasteiger partial charge in [0.2, 0.25) is 10.6 Å². The molecule has 0 radical (unpaired) electrons. The summed E-state index contributed by atoms with van der Waals surface area (Å²) in [7, 11) is -0.344. The van der Waals surface area contributed by atoms with Gasteiger partial charge in [-0.1, -0.05) is 35.4 Å². The van der Waals surface area contributed by atoms with Crippen molar-refractivity contribution in [1.29, 1.82) is 10.5 Å². The van der Waals surface area contributed by atoms with E-state index in [1.807, 2.05) is 64.1 Å². The summed E-state index contributed by atoms with van der Waals surface area (Å²) < 4.78 is 13.2. The van der Waals surface area contributed by atoms with Crippen LogP contribution in [0.2, 0.25) is 10.6 Å². The Labute approximate surface area is 370 Å². The monoisotopic (exact) mass is 902 g/mol. The second-order valence-electron chi connectivity index (χ2n) is 15.7. The van der Waals surface area contributed by atoms with Crippen LogP contribution in [0.3, 0.4) is 0 Å². The standard InChI is InChI=1S/C20H17ClN4.C17H22BNO2.C9H7BrClN3/c1-11-7-15(18-16(8-11)19(23)25-20(21)24-18)17-12(2)9-14(5-4-6-22)10-13(17)3;1-12-10-14(8-7-9-19)11-13(2)15(12)18-20-16(3,4)17(5,6)21-18;1-4-2-5-7(6(10)3-4)13-9(11)14-8(5)12/h4-5,7-10H,1-3H3,(H2,23,24,25);7-8,10-11H,1-6H3;2-3H,1H3,(H2,12,13,14)/b5-4+;8-7+;. The zero-order chi connectivity index (χ0) is 44.3. The summed E-state index contributed by atoms with van der Waals surface area (Å²) in [5.74, 6) is 0.785. The average Bonchev–Trinajstić information content (AvgIpc) is 3.36. The van der Waals surface area contributed by atoms with E-state index in [0.717, 1.165) is 87.4 Å². The highest BCUT2D eigenvalue weighted by molar-refractivity contribution is 9.10. The first kappa shape index (κ1) is 45.7. The lowest BCUT2D eigenvalue weighted by Gasteiger charge is -2.32. The molecule has 0 aliphatic carbocycles. The van der Waals surface area contributed by atoms with Gasteiger partial charge in [-0.05, 0) is 189 Å². The minimum absolute atomic E-state index is 0.138. The lowest BCUT2D eigenvalue weighted by molar-refractivity contribution is 0.00578. The molecule has 0 unspecified atom stereocenters. The van der Waals surface area contributed by atoms with E-state index in [2.05, 4.69) is 108 Å². The first-order valence-corrected chi connectivity index (χ1v) is 20.5. The van der Waals surface area contributed by atoms with Crippen molar-refractivity contribution < 1.29 is 9.31 Å². The fraction of sp³-hybridized carbons (Fsp3) is 0.261. The van der Waals surface area contributed by atoms with Gasteiger partial charge in [-0.15, -0.1) is 0 Å². The molecule has 6 aromatic rings. The second-order valence-corrected chi connectivity index (χ2v) is 17.2. The number of halogens is 3. The van der Waals surface area contributed by atoms with Gasteiger partial charge in [0.1, 0.15) is 11.6 Å². The second kappa shape index (κ2) is 18.5. The molecular formula is C46H46BBrCl2N8O2. The van der Waals surface area contributed by atoms with E-state index in [9.17, 15) is 0 Å². The Kier molecular flexibility index (Phi) is 14.1. The minimum Gasteiger partial charge on any atom is -0.399 e. The van der Waals surface area contributed by atoms with Gasteiger partial charge < -0.3 is 20.8 Å². The van der Waals surface area contributed by atoms with Crippen molar-refractivity contribution in [3.63, 3.8) is 0 Å². The van der Waals surface area contributed by atoms with E-state index in [1.165, 1.54) is 12.2 Å². The third kappa shape index (κ3) is 10.2. The van der Waals surface area contributed by atoms with E-state index in [-0.39, 0.29) is 28.9 Å². The molecule has 60 heavy (non-hydrogen) atoms. The maximum atomic E-state index is 8.72. The molecule has 0 bridgehead atoms. The van der Waals surface area contributed by atoms with E-state index < -0.39 is 0 Å². The molecule has 4 N–H and O–H groups in total. The number of nitrogens with two attached hydrogens (primary N) is 2. The highest BCUT2D eigenvalue weighted by atomic mass is 79.9. The number of nitriles is 2. The van der Waals surface area contributed by atoms with Crippen LogP contribution in [0.5, 0.6) is 0 Å². The van der Waals surface area contributed by atoms with Gasteiger partial charge in [0.05, 0.1) is 34.4 Å². The van der Waals surface area contributed by atoms with Crippen LogP contribution >= 0.6 is 39.1 Å². The SMILES string of the molecule is Cc1cc(-c2c(C)cc(/C=C/C#N)cc2C)c2nc(Cl)nc(N)c2c1.Cc1cc(/C=C/C#N)cc(C)c1B1OC(C)(C)C(C)(C)O1.Cc1cc(Br)c2nc(Cl)nc(N)c2c1. The average molecular weight is 905 g/mol. The van der Waals surface area contributed by atoms with E-state index >= 15 is 0 Å². The Morgan fingerprint density at radius 2 is 1.05 bits per heavy atom. The van der Waals surface area contributed by atoms with Crippen molar-refractivity contribution in [2.24, 2.45) is 0 Å². The summed E-state index contributed by atoms with van der Waals surface area (Å²) in [6.07, 6.45) is 6.58. The molecule has 10 nitrogen and oxygen atoms in total. The van der Waals surface area contributed by atoms with Crippen molar-refractivity contribution >= 4 is 97.3 Å². The lowest BCUT2D eigenvalue weighted by Crippen LogP contribution is -2.41. The van der Waals surface area contributed by atoms with Gasteiger partial charge in [-0.2, -0.15) is 10.5 Å². The number of anilines is 2. The topological polar surface area (TPSA) is 170 Å². The number of nitrogens with zero attached hydrogens (tertiary/aromatic N) is 6. The first-order valence-electron chi connectivity index (χ1n) is 19.0. The first-order chi connectivity index (χ1) is 28.2. The molecule has 306 valence electrons. The molecular weight excluding hydrogens is 858 g/mol. The lowest BCUT2D eigenvalue weighted by atomic mass is 9.73. The van der Waals surface area contributed by atoms with E-state index in [4.69, 9.17) is 54.5 Å². The molecule has 4 aromatic carbocycles. The third-order valence-corrected chi connectivity index (χ3v) is 11.4. The Morgan fingerprint density at radius 3 is 1.52 bits per heavy atom. The summed E-state index contributed by atoms with van der Waals surface area (Å²) in [6, 6.07) is 20.2. The van der Waals surface area contributed by atoms with E-state index in [1.54, 1.807) is 6.08 Å². The van der Waals surface area contributed by atoms with Crippen molar-refractivity contribution in [3.8, 4) is 23.3 Å². The Balaban J connectivity index is 0.000000177. The fourth-order valence-electron chi connectivity index (χ4n) is 7.10. The number of fused-ring (bicyclic) bond motifs is 2. The van der Waals surface area contributed by atoms with E-state index in [0.29, 0.717) is 11.6 Å². The van der Waals surface area contributed by atoms with Crippen LogP contribution in [-0.2, 0) is 9.31 Å². The molecule has 1 aliphatic rings. The van der Waals surface area contributed by atoms with Gasteiger partial charge >= 0.3 is 7.12 Å². The molecule has 3 heterocycles. The molecule has 0 spiro atoms. The molecule has 0 atom stereocenters. The number of benzene rings is 4.